The molecule has 0 unspecified atom stereocenters. The Morgan fingerprint density at radius 1 is 1.22 bits per heavy atom. The second-order valence-corrected chi connectivity index (χ2v) is 3.46. The lowest BCUT2D eigenvalue weighted by Gasteiger charge is -2.15. The molecule has 0 radical (unpaired) electrons. The molecule has 100 valence electrons. The number of rotatable bonds is 7. The fourth-order valence-corrected chi connectivity index (χ4v) is 1.21. The first-order chi connectivity index (χ1) is 8.54. The monoisotopic (exact) mass is 255 g/mol. The van der Waals surface area contributed by atoms with E-state index >= 15 is 0 Å². The summed E-state index contributed by atoms with van der Waals surface area (Å²) in [4.78, 5) is 33.8. The van der Waals surface area contributed by atoms with Crippen molar-refractivity contribution in [3.05, 3.63) is 0 Å². The van der Waals surface area contributed by atoms with Crippen LogP contribution in [-0.4, -0.2) is 38.1 Å². The Bertz CT molecular complexity index is 345. The zero-order valence-corrected chi connectivity index (χ0v) is 10.5. The second kappa shape index (κ2) is 9.05. The molecule has 0 heterocycles. The van der Waals surface area contributed by atoms with E-state index in [4.69, 9.17) is 6.42 Å². The summed E-state index contributed by atoms with van der Waals surface area (Å²) in [6.07, 6.45) is 5.59. The van der Waals surface area contributed by atoms with Crippen LogP contribution < -0.4 is 5.32 Å². The van der Waals surface area contributed by atoms with E-state index in [1.807, 2.05) is 0 Å². The van der Waals surface area contributed by atoms with Gasteiger partial charge in [-0.2, -0.15) is 0 Å². The third kappa shape index (κ3) is 6.53. The minimum atomic E-state index is -0.862. The molecule has 0 aliphatic rings. The maximum absolute atomic E-state index is 11.4. The summed E-state index contributed by atoms with van der Waals surface area (Å²) < 4.78 is 8.99. The van der Waals surface area contributed by atoms with Crippen molar-refractivity contribution in [1.82, 2.24) is 5.32 Å². The largest absolute Gasteiger partial charge is 0.469 e. The van der Waals surface area contributed by atoms with E-state index in [2.05, 4.69) is 20.7 Å². The molecule has 0 bridgehead atoms. The van der Waals surface area contributed by atoms with E-state index in [0.29, 0.717) is 0 Å². The number of terminal acetylenes is 1. The molecule has 1 atom stereocenters. The Balaban J connectivity index is 4.32. The summed E-state index contributed by atoms with van der Waals surface area (Å²) in [7, 11) is 2.46. The maximum atomic E-state index is 11.4. The lowest BCUT2D eigenvalue weighted by molar-refractivity contribution is -0.146. The lowest BCUT2D eigenvalue weighted by atomic mass is 10.1. The summed E-state index contributed by atoms with van der Waals surface area (Å²) in [5.41, 5.74) is 0. The van der Waals surface area contributed by atoms with E-state index in [1.54, 1.807) is 0 Å². The number of esters is 2. The van der Waals surface area contributed by atoms with Crippen LogP contribution in [0.25, 0.3) is 0 Å². The molecule has 6 heteroatoms. The summed E-state index contributed by atoms with van der Waals surface area (Å²) in [5.74, 6) is 0.909. The molecule has 0 fully saturated rings. The highest BCUT2D eigenvalue weighted by Gasteiger charge is 2.22. The Hall–Kier alpha value is -2.03. The van der Waals surface area contributed by atoms with Crippen molar-refractivity contribution in [2.45, 2.75) is 31.7 Å². The molecule has 0 aromatic heterocycles. The fraction of sp³-hybridized carbons (Fsp3) is 0.583. The minimum absolute atomic E-state index is 0.0195. The summed E-state index contributed by atoms with van der Waals surface area (Å²) in [5, 5.41) is 2.47. The number of hydrogen-bond donors (Lipinski definition) is 1. The molecule has 0 aliphatic heterocycles. The van der Waals surface area contributed by atoms with Crippen LogP contribution in [0.3, 0.4) is 0 Å². The Kier molecular flexibility index (Phi) is 8.03. The van der Waals surface area contributed by atoms with E-state index < -0.39 is 18.0 Å². The molecular weight excluding hydrogens is 238 g/mol. The molecule has 0 saturated carbocycles. The van der Waals surface area contributed by atoms with Gasteiger partial charge in [0.25, 0.3) is 0 Å². The van der Waals surface area contributed by atoms with Crippen molar-refractivity contribution < 1.29 is 23.9 Å². The SMILES string of the molecule is C#CCCC(=O)N[C@@H](CCC(=O)OC)C(=O)OC. The van der Waals surface area contributed by atoms with Crippen molar-refractivity contribution in [3.8, 4) is 12.3 Å². The van der Waals surface area contributed by atoms with Gasteiger partial charge in [-0.25, -0.2) is 4.79 Å². The number of amides is 1. The smallest absolute Gasteiger partial charge is 0.328 e. The normalized spacial score (nSPS) is 10.9. The number of methoxy groups -OCH3 is 2. The molecule has 1 amide bonds. The molecule has 0 aliphatic carbocycles. The van der Waals surface area contributed by atoms with Crippen LogP contribution in [0.4, 0.5) is 0 Å². The van der Waals surface area contributed by atoms with Gasteiger partial charge >= 0.3 is 11.9 Å². The fourth-order valence-electron chi connectivity index (χ4n) is 1.21. The van der Waals surface area contributed by atoms with E-state index in [-0.39, 0.29) is 31.6 Å². The zero-order valence-electron chi connectivity index (χ0n) is 10.5. The summed E-state index contributed by atoms with van der Waals surface area (Å²) >= 11 is 0. The van der Waals surface area contributed by atoms with Crippen LogP contribution in [0.1, 0.15) is 25.7 Å². The standard InChI is InChI=1S/C12H17NO5/c1-4-5-6-10(14)13-9(12(16)18-3)7-8-11(15)17-2/h1,9H,5-8H2,2-3H3,(H,13,14)/t9-/m0/s1. The number of carbonyl (C=O) groups excluding carboxylic acids is 3. The molecule has 0 aromatic carbocycles. The highest BCUT2D eigenvalue weighted by Crippen LogP contribution is 2.02. The molecule has 6 nitrogen and oxygen atoms in total. The summed E-state index contributed by atoms with van der Waals surface area (Å²) in [6, 6.07) is -0.862. The predicted octanol–water partition coefficient (Wildman–Crippen LogP) is 0.0108. The van der Waals surface area contributed by atoms with Crippen molar-refractivity contribution in [3.63, 3.8) is 0 Å². The number of carbonyl (C=O) groups is 3. The van der Waals surface area contributed by atoms with Gasteiger partial charge < -0.3 is 14.8 Å². The number of nitrogens with one attached hydrogen (secondary N) is 1. The van der Waals surface area contributed by atoms with Crippen molar-refractivity contribution in [2.24, 2.45) is 0 Å². The van der Waals surface area contributed by atoms with Crippen LogP contribution in [0, 0.1) is 12.3 Å². The van der Waals surface area contributed by atoms with E-state index in [1.165, 1.54) is 14.2 Å². The first kappa shape index (κ1) is 16.0. The zero-order chi connectivity index (χ0) is 14.0. The topological polar surface area (TPSA) is 81.7 Å². The average molecular weight is 255 g/mol. The van der Waals surface area contributed by atoms with Crippen molar-refractivity contribution in [1.29, 1.82) is 0 Å². The van der Waals surface area contributed by atoms with Gasteiger partial charge in [-0.05, 0) is 6.42 Å². The predicted molar refractivity (Wildman–Crippen MR) is 63.3 cm³/mol. The van der Waals surface area contributed by atoms with Crippen LogP contribution in [0.5, 0.6) is 0 Å². The van der Waals surface area contributed by atoms with Gasteiger partial charge in [-0.1, -0.05) is 0 Å². The average Bonchev–Trinajstić information content (AvgIpc) is 2.39. The van der Waals surface area contributed by atoms with Crippen molar-refractivity contribution >= 4 is 17.8 Å². The highest BCUT2D eigenvalue weighted by molar-refractivity contribution is 5.85. The van der Waals surface area contributed by atoms with Gasteiger partial charge in [0.1, 0.15) is 6.04 Å². The molecule has 0 rings (SSSR count). The first-order valence-corrected chi connectivity index (χ1v) is 5.42. The van der Waals surface area contributed by atoms with Crippen LogP contribution >= 0.6 is 0 Å². The van der Waals surface area contributed by atoms with Gasteiger partial charge in [0.15, 0.2) is 0 Å². The summed E-state index contributed by atoms with van der Waals surface area (Å²) in [6.45, 7) is 0. The second-order valence-electron chi connectivity index (χ2n) is 3.46. The quantitative estimate of drug-likeness (QED) is 0.512. The Morgan fingerprint density at radius 3 is 2.39 bits per heavy atom. The Labute approximate surface area is 106 Å². The molecule has 0 saturated heterocycles. The van der Waals surface area contributed by atoms with Crippen LogP contribution in [-0.2, 0) is 23.9 Å². The van der Waals surface area contributed by atoms with Crippen molar-refractivity contribution in [2.75, 3.05) is 14.2 Å². The molecule has 18 heavy (non-hydrogen) atoms. The number of hydrogen-bond acceptors (Lipinski definition) is 5. The third-order valence-electron chi connectivity index (χ3n) is 2.18. The highest BCUT2D eigenvalue weighted by atomic mass is 16.5. The Morgan fingerprint density at radius 2 is 1.89 bits per heavy atom. The van der Waals surface area contributed by atoms with Gasteiger partial charge in [0.2, 0.25) is 5.91 Å². The molecular formula is C12H17NO5. The third-order valence-corrected chi connectivity index (χ3v) is 2.18. The van der Waals surface area contributed by atoms with Crippen LogP contribution in [0.2, 0.25) is 0 Å². The first-order valence-electron chi connectivity index (χ1n) is 5.42. The van der Waals surface area contributed by atoms with Crippen LogP contribution in [0.15, 0.2) is 0 Å². The number of ether oxygens (including phenoxy) is 2. The minimum Gasteiger partial charge on any atom is -0.469 e. The van der Waals surface area contributed by atoms with Gasteiger partial charge in [0, 0.05) is 19.3 Å². The van der Waals surface area contributed by atoms with Gasteiger partial charge in [0.05, 0.1) is 14.2 Å². The van der Waals surface area contributed by atoms with E-state index in [9.17, 15) is 14.4 Å². The lowest BCUT2D eigenvalue weighted by Crippen LogP contribution is -2.41. The van der Waals surface area contributed by atoms with Gasteiger partial charge in [-0.3, -0.25) is 9.59 Å². The molecule has 0 spiro atoms. The van der Waals surface area contributed by atoms with Gasteiger partial charge in [-0.15, -0.1) is 12.3 Å². The molecule has 0 aromatic rings. The van der Waals surface area contributed by atoms with E-state index in [0.717, 1.165) is 0 Å². The maximum Gasteiger partial charge on any atom is 0.328 e. The molecule has 1 N–H and O–H groups in total.